The molecule has 104 valence electrons. The van der Waals surface area contributed by atoms with Gasteiger partial charge >= 0.3 is 0 Å². The van der Waals surface area contributed by atoms with Crippen LogP contribution in [-0.2, 0) is 0 Å². The van der Waals surface area contributed by atoms with Gasteiger partial charge in [0.05, 0.1) is 11.8 Å². The van der Waals surface area contributed by atoms with Crippen molar-refractivity contribution in [1.82, 2.24) is 4.98 Å². The normalized spacial score (nSPS) is 41.4. The molecule has 2 aliphatic rings. The highest BCUT2D eigenvalue weighted by molar-refractivity contribution is 5.19. The standard InChI is InChI=1S/C16H23NO2/c1-15(2)10-7-8-16(15,3)14(19)12(10)13(18)11-6-4-5-9-17-11/h4-6,9-10,12-14,18-19H,7-8H2,1-3H3/t10-,12+,13+,14-,16+/m1/s1. The number of aromatic nitrogens is 1. The van der Waals surface area contributed by atoms with Crippen LogP contribution >= 0.6 is 0 Å². The first-order valence-electron chi connectivity index (χ1n) is 7.16. The molecule has 2 fully saturated rings. The van der Waals surface area contributed by atoms with E-state index in [2.05, 4.69) is 25.8 Å². The Morgan fingerprint density at radius 3 is 2.58 bits per heavy atom. The van der Waals surface area contributed by atoms with Gasteiger partial charge in [0.25, 0.3) is 0 Å². The van der Waals surface area contributed by atoms with Crippen molar-refractivity contribution < 1.29 is 10.2 Å². The van der Waals surface area contributed by atoms with Crippen LogP contribution in [0.5, 0.6) is 0 Å². The van der Waals surface area contributed by atoms with E-state index < -0.39 is 12.2 Å². The van der Waals surface area contributed by atoms with E-state index in [1.807, 2.05) is 18.2 Å². The van der Waals surface area contributed by atoms with Crippen LogP contribution in [0.2, 0.25) is 0 Å². The molecule has 5 atom stereocenters. The van der Waals surface area contributed by atoms with Crippen LogP contribution in [0.15, 0.2) is 24.4 Å². The van der Waals surface area contributed by atoms with Crippen molar-refractivity contribution in [2.24, 2.45) is 22.7 Å². The highest BCUT2D eigenvalue weighted by Gasteiger charge is 2.67. The molecule has 1 heterocycles. The molecule has 3 heteroatoms. The second-order valence-corrected chi connectivity index (χ2v) is 7.01. The van der Waals surface area contributed by atoms with Gasteiger partial charge in [0, 0.05) is 12.1 Å². The summed E-state index contributed by atoms with van der Waals surface area (Å²) in [5.74, 6) is 0.271. The smallest absolute Gasteiger partial charge is 0.101 e. The van der Waals surface area contributed by atoms with Crippen LogP contribution in [0.1, 0.15) is 45.4 Å². The predicted molar refractivity (Wildman–Crippen MR) is 73.3 cm³/mol. The van der Waals surface area contributed by atoms with Gasteiger partial charge in [0.15, 0.2) is 0 Å². The highest BCUT2D eigenvalue weighted by atomic mass is 16.3. The van der Waals surface area contributed by atoms with E-state index in [0.717, 1.165) is 12.8 Å². The molecule has 0 aromatic carbocycles. The molecular weight excluding hydrogens is 238 g/mol. The molecule has 2 aliphatic carbocycles. The second kappa shape index (κ2) is 4.03. The van der Waals surface area contributed by atoms with E-state index in [-0.39, 0.29) is 16.7 Å². The zero-order valence-corrected chi connectivity index (χ0v) is 11.9. The lowest BCUT2D eigenvalue weighted by molar-refractivity contribution is -0.0526. The Labute approximate surface area is 114 Å². The van der Waals surface area contributed by atoms with Crippen LogP contribution in [-0.4, -0.2) is 21.3 Å². The topological polar surface area (TPSA) is 53.4 Å². The fraction of sp³-hybridized carbons (Fsp3) is 0.688. The van der Waals surface area contributed by atoms with E-state index in [1.165, 1.54) is 0 Å². The third kappa shape index (κ3) is 1.55. The fourth-order valence-corrected chi connectivity index (χ4v) is 4.55. The Morgan fingerprint density at radius 1 is 1.32 bits per heavy atom. The molecule has 0 spiro atoms. The molecule has 0 aliphatic heterocycles. The minimum atomic E-state index is -0.664. The average Bonchev–Trinajstić information content (AvgIpc) is 2.71. The molecular formula is C16H23NO2. The summed E-state index contributed by atoms with van der Waals surface area (Å²) in [7, 11) is 0. The van der Waals surface area contributed by atoms with Gasteiger partial charge in [-0.15, -0.1) is 0 Å². The molecule has 3 nitrogen and oxygen atoms in total. The van der Waals surface area contributed by atoms with E-state index in [0.29, 0.717) is 11.6 Å². The summed E-state index contributed by atoms with van der Waals surface area (Å²) in [6.45, 7) is 6.64. The number of fused-ring (bicyclic) bond motifs is 2. The number of nitrogens with zero attached hydrogens (tertiary/aromatic N) is 1. The van der Waals surface area contributed by atoms with Crippen LogP contribution in [0.4, 0.5) is 0 Å². The molecule has 0 amide bonds. The maximum absolute atomic E-state index is 10.7. The second-order valence-electron chi connectivity index (χ2n) is 7.01. The van der Waals surface area contributed by atoms with Gasteiger partial charge in [0.2, 0.25) is 0 Å². The van der Waals surface area contributed by atoms with Crippen LogP contribution in [0.25, 0.3) is 0 Å². The van der Waals surface area contributed by atoms with E-state index >= 15 is 0 Å². The lowest BCUT2D eigenvalue weighted by Crippen LogP contribution is -2.39. The molecule has 1 aromatic heterocycles. The number of hydrogen-bond donors (Lipinski definition) is 2. The maximum Gasteiger partial charge on any atom is 0.101 e. The lowest BCUT2D eigenvalue weighted by atomic mass is 9.70. The van der Waals surface area contributed by atoms with Gasteiger partial charge in [-0.3, -0.25) is 4.98 Å². The summed E-state index contributed by atoms with van der Waals surface area (Å²) in [4.78, 5) is 4.25. The van der Waals surface area contributed by atoms with Crippen molar-refractivity contribution >= 4 is 0 Å². The Kier molecular flexibility index (Phi) is 2.77. The van der Waals surface area contributed by atoms with Gasteiger partial charge in [-0.25, -0.2) is 0 Å². The number of aliphatic hydroxyl groups is 2. The summed E-state index contributed by atoms with van der Waals surface area (Å²) in [6, 6.07) is 5.58. The molecule has 0 saturated heterocycles. The minimum absolute atomic E-state index is 0.0762. The molecule has 0 unspecified atom stereocenters. The largest absolute Gasteiger partial charge is 0.392 e. The summed E-state index contributed by atoms with van der Waals surface area (Å²) in [6.07, 6.45) is 2.73. The fourth-order valence-electron chi connectivity index (χ4n) is 4.55. The minimum Gasteiger partial charge on any atom is -0.392 e. The first kappa shape index (κ1) is 13.1. The van der Waals surface area contributed by atoms with Crippen LogP contribution in [0.3, 0.4) is 0 Å². The zero-order chi connectivity index (χ0) is 13.8. The summed E-state index contributed by atoms with van der Waals surface area (Å²) in [5.41, 5.74) is 0.670. The summed E-state index contributed by atoms with van der Waals surface area (Å²) < 4.78 is 0. The van der Waals surface area contributed by atoms with Crippen molar-refractivity contribution in [3.05, 3.63) is 30.1 Å². The van der Waals surface area contributed by atoms with Crippen molar-refractivity contribution in [2.45, 2.75) is 45.8 Å². The number of rotatable bonds is 2. The molecule has 0 radical (unpaired) electrons. The quantitative estimate of drug-likeness (QED) is 0.860. The summed E-state index contributed by atoms with van der Waals surface area (Å²) in [5, 5.41) is 21.4. The Morgan fingerprint density at radius 2 is 2.05 bits per heavy atom. The molecule has 3 rings (SSSR count). The van der Waals surface area contributed by atoms with E-state index in [4.69, 9.17) is 0 Å². The number of pyridine rings is 1. The van der Waals surface area contributed by atoms with Crippen LogP contribution in [0, 0.1) is 22.7 Å². The van der Waals surface area contributed by atoms with Crippen molar-refractivity contribution in [3.63, 3.8) is 0 Å². The van der Waals surface area contributed by atoms with E-state index in [9.17, 15) is 10.2 Å². The lowest BCUT2D eigenvalue weighted by Gasteiger charge is -2.37. The van der Waals surface area contributed by atoms with Gasteiger partial charge in [0.1, 0.15) is 6.10 Å². The van der Waals surface area contributed by atoms with Gasteiger partial charge < -0.3 is 10.2 Å². The summed E-state index contributed by atoms with van der Waals surface area (Å²) >= 11 is 0. The highest BCUT2D eigenvalue weighted by Crippen LogP contribution is 2.69. The van der Waals surface area contributed by atoms with Gasteiger partial charge in [-0.1, -0.05) is 26.8 Å². The third-order valence-electron chi connectivity index (χ3n) is 6.21. The van der Waals surface area contributed by atoms with Crippen molar-refractivity contribution in [1.29, 1.82) is 0 Å². The van der Waals surface area contributed by atoms with E-state index in [1.54, 1.807) is 6.20 Å². The van der Waals surface area contributed by atoms with Gasteiger partial charge in [-0.05, 0) is 41.7 Å². The number of aliphatic hydroxyl groups excluding tert-OH is 2. The monoisotopic (exact) mass is 261 g/mol. The van der Waals surface area contributed by atoms with Crippen molar-refractivity contribution in [3.8, 4) is 0 Å². The molecule has 1 aromatic rings. The molecule has 19 heavy (non-hydrogen) atoms. The third-order valence-corrected chi connectivity index (χ3v) is 6.21. The average molecular weight is 261 g/mol. The van der Waals surface area contributed by atoms with Gasteiger partial charge in [-0.2, -0.15) is 0 Å². The number of hydrogen-bond acceptors (Lipinski definition) is 3. The van der Waals surface area contributed by atoms with Crippen molar-refractivity contribution in [2.75, 3.05) is 0 Å². The molecule has 2 N–H and O–H groups in total. The van der Waals surface area contributed by atoms with Crippen LogP contribution < -0.4 is 0 Å². The first-order valence-corrected chi connectivity index (χ1v) is 7.16. The Balaban J connectivity index is 1.96. The molecule has 2 saturated carbocycles. The Hall–Kier alpha value is -0.930. The maximum atomic E-state index is 10.7. The molecule has 2 bridgehead atoms. The Bertz CT molecular complexity index is 473. The zero-order valence-electron chi connectivity index (χ0n) is 11.9. The predicted octanol–water partition coefficient (Wildman–Crippen LogP) is 2.55. The SMILES string of the molecule is CC1(C)[C@@H]2CC[C@@]1(C)[C@H](O)[C@@H]2[C@@H](O)c1ccccn1. The first-order chi connectivity index (χ1) is 8.89.